The van der Waals surface area contributed by atoms with E-state index < -0.39 is 0 Å². The van der Waals surface area contributed by atoms with Gasteiger partial charge >= 0.3 is 0 Å². The number of hydrogen-bond donors (Lipinski definition) is 0. The van der Waals surface area contributed by atoms with Crippen LogP contribution < -0.4 is 4.90 Å². The highest BCUT2D eigenvalue weighted by Gasteiger charge is 2.40. The van der Waals surface area contributed by atoms with E-state index in [1.54, 1.807) is 11.3 Å². The molecule has 4 heterocycles. The van der Waals surface area contributed by atoms with E-state index in [9.17, 15) is 0 Å². The van der Waals surface area contributed by atoms with Gasteiger partial charge in [-0.05, 0) is 53.4 Å². The molecule has 0 bridgehead atoms. The zero-order valence-electron chi connectivity index (χ0n) is 15.2. The SMILES string of the molecule is Cc1nn(C)c2nc(N3CCC4(CC3)CN(C)CCCN4C)sc12. The molecule has 0 radical (unpaired) electrons. The first-order chi connectivity index (χ1) is 11.5. The minimum Gasteiger partial charge on any atom is -0.348 e. The topological polar surface area (TPSA) is 40.4 Å². The first-order valence-corrected chi connectivity index (χ1v) is 9.75. The van der Waals surface area contributed by atoms with E-state index >= 15 is 0 Å². The highest BCUT2D eigenvalue weighted by atomic mass is 32.1. The zero-order valence-corrected chi connectivity index (χ0v) is 16.1. The molecule has 0 aliphatic carbocycles. The first kappa shape index (κ1) is 16.3. The summed E-state index contributed by atoms with van der Waals surface area (Å²) in [5.74, 6) is 0. The Kier molecular flexibility index (Phi) is 4.05. The molecular formula is C17H28N6S. The second kappa shape index (κ2) is 5.97. The summed E-state index contributed by atoms with van der Waals surface area (Å²) in [6.07, 6.45) is 3.73. The van der Waals surface area contributed by atoms with Crippen molar-refractivity contribution >= 4 is 26.8 Å². The number of piperidine rings is 1. The molecule has 6 nitrogen and oxygen atoms in total. The molecule has 2 aromatic heterocycles. The average molecular weight is 349 g/mol. The molecule has 0 saturated carbocycles. The number of fused-ring (bicyclic) bond motifs is 1. The lowest BCUT2D eigenvalue weighted by Gasteiger charge is -2.47. The van der Waals surface area contributed by atoms with Crippen LogP contribution in [0.5, 0.6) is 0 Å². The van der Waals surface area contributed by atoms with Crippen molar-refractivity contribution in [1.82, 2.24) is 24.6 Å². The summed E-state index contributed by atoms with van der Waals surface area (Å²) < 4.78 is 3.14. The number of nitrogens with zero attached hydrogens (tertiary/aromatic N) is 6. The minimum absolute atomic E-state index is 0.343. The second-order valence-corrected chi connectivity index (χ2v) is 8.56. The number of thiazole rings is 1. The van der Waals surface area contributed by atoms with E-state index in [4.69, 9.17) is 4.98 Å². The van der Waals surface area contributed by atoms with Crippen LogP contribution in [0.1, 0.15) is 25.0 Å². The molecule has 0 amide bonds. The molecule has 0 atom stereocenters. The predicted molar refractivity (Wildman–Crippen MR) is 100 cm³/mol. The number of aromatic nitrogens is 3. The number of hydrogen-bond acceptors (Lipinski definition) is 6. The van der Waals surface area contributed by atoms with Gasteiger partial charge in [0.05, 0.1) is 10.4 Å². The molecule has 2 aromatic rings. The Hall–Kier alpha value is -1.18. The quantitative estimate of drug-likeness (QED) is 0.788. The van der Waals surface area contributed by atoms with Crippen LogP contribution in [0.3, 0.4) is 0 Å². The van der Waals surface area contributed by atoms with E-state index in [1.807, 2.05) is 11.7 Å². The summed E-state index contributed by atoms with van der Waals surface area (Å²) in [4.78, 5) is 12.5. The largest absolute Gasteiger partial charge is 0.348 e. The van der Waals surface area contributed by atoms with Crippen molar-refractivity contribution in [2.24, 2.45) is 7.05 Å². The summed E-state index contributed by atoms with van der Waals surface area (Å²) >= 11 is 1.80. The number of anilines is 1. The van der Waals surface area contributed by atoms with E-state index in [0.29, 0.717) is 5.54 Å². The highest BCUT2D eigenvalue weighted by Crippen LogP contribution is 2.36. The normalized spacial score (nSPS) is 23.2. The van der Waals surface area contributed by atoms with Crippen LogP contribution in [0.2, 0.25) is 0 Å². The Morgan fingerprint density at radius 2 is 1.79 bits per heavy atom. The van der Waals surface area contributed by atoms with E-state index in [1.165, 1.54) is 48.7 Å². The molecule has 0 N–H and O–H groups in total. The lowest BCUT2D eigenvalue weighted by molar-refractivity contribution is 0.0786. The van der Waals surface area contributed by atoms with Gasteiger partial charge in [0.2, 0.25) is 0 Å². The predicted octanol–water partition coefficient (Wildman–Crippen LogP) is 1.94. The van der Waals surface area contributed by atoms with Crippen LogP contribution in [0.15, 0.2) is 0 Å². The van der Waals surface area contributed by atoms with Gasteiger partial charge in [0.1, 0.15) is 0 Å². The third-order valence-corrected chi connectivity index (χ3v) is 7.12. The van der Waals surface area contributed by atoms with Gasteiger partial charge in [-0.3, -0.25) is 4.90 Å². The summed E-state index contributed by atoms with van der Waals surface area (Å²) in [5, 5.41) is 5.63. The van der Waals surface area contributed by atoms with Crippen molar-refractivity contribution in [3.05, 3.63) is 5.69 Å². The van der Waals surface area contributed by atoms with Crippen LogP contribution in [-0.4, -0.2) is 76.9 Å². The van der Waals surface area contributed by atoms with Gasteiger partial charge in [-0.1, -0.05) is 11.3 Å². The molecular weight excluding hydrogens is 320 g/mol. The molecule has 2 saturated heterocycles. The standard InChI is InChI=1S/C17H28N6S/c1-13-14-15(22(4)19-13)18-16(24-14)23-10-6-17(7-11-23)12-20(2)8-5-9-21(17)3/h5-12H2,1-4H3. The Bertz CT molecular complexity index is 692. The monoisotopic (exact) mass is 348 g/mol. The number of rotatable bonds is 1. The van der Waals surface area contributed by atoms with Gasteiger partial charge in [0.15, 0.2) is 10.8 Å². The summed E-state index contributed by atoms with van der Waals surface area (Å²) in [7, 11) is 6.58. The van der Waals surface area contributed by atoms with E-state index in [2.05, 4.69) is 40.8 Å². The maximum absolute atomic E-state index is 4.86. The second-order valence-electron chi connectivity index (χ2n) is 7.58. The highest BCUT2D eigenvalue weighted by molar-refractivity contribution is 7.22. The van der Waals surface area contributed by atoms with Crippen LogP contribution in [0, 0.1) is 6.92 Å². The molecule has 2 aliphatic rings. The van der Waals surface area contributed by atoms with Gasteiger partial charge in [0.25, 0.3) is 0 Å². The average Bonchev–Trinajstić information content (AvgIpc) is 3.06. The van der Waals surface area contributed by atoms with Crippen molar-refractivity contribution in [1.29, 1.82) is 0 Å². The van der Waals surface area contributed by atoms with Crippen molar-refractivity contribution in [3.63, 3.8) is 0 Å². The third-order valence-electron chi connectivity index (χ3n) is 5.91. The minimum atomic E-state index is 0.343. The van der Waals surface area contributed by atoms with Gasteiger partial charge in [0, 0.05) is 32.2 Å². The molecule has 24 heavy (non-hydrogen) atoms. The van der Waals surface area contributed by atoms with Crippen LogP contribution in [-0.2, 0) is 7.05 Å². The van der Waals surface area contributed by atoms with Gasteiger partial charge in [-0.15, -0.1) is 0 Å². The maximum Gasteiger partial charge on any atom is 0.188 e. The number of aryl methyl sites for hydroxylation is 2. The molecule has 4 rings (SSSR count). The van der Waals surface area contributed by atoms with Crippen LogP contribution in [0.4, 0.5) is 5.13 Å². The molecule has 2 aliphatic heterocycles. The molecule has 2 fully saturated rings. The van der Waals surface area contributed by atoms with Gasteiger partial charge in [-0.25, -0.2) is 9.67 Å². The Labute approximate surface area is 148 Å². The van der Waals surface area contributed by atoms with E-state index in [0.717, 1.165) is 24.4 Å². The van der Waals surface area contributed by atoms with Crippen molar-refractivity contribution in [2.75, 3.05) is 51.7 Å². The van der Waals surface area contributed by atoms with Crippen molar-refractivity contribution < 1.29 is 0 Å². The van der Waals surface area contributed by atoms with Crippen LogP contribution in [0.25, 0.3) is 10.3 Å². The fourth-order valence-electron chi connectivity index (χ4n) is 4.38. The number of likely N-dealkylation sites (N-methyl/N-ethyl adjacent to an activating group) is 2. The zero-order chi connectivity index (χ0) is 16.9. The Morgan fingerprint density at radius 3 is 2.50 bits per heavy atom. The third kappa shape index (κ3) is 2.62. The Balaban J connectivity index is 1.53. The maximum atomic E-state index is 4.86. The lowest BCUT2D eigenvalue weighted by atomic mass is 9.85. The molecule has 7 heteroatoms. The van der Waals surface area contributed by atoms with Gasteiger partial charge < -0.3 is 9.80 Å². The molecule has 132 valence electrons. The van der Waals surface area contributed by atoms with Crippen molar-refractivity contribution in [3.8, 4) is 0 Å². The summed E-state index contributed by atoms with van der Waals surface area (Å²) in [6, 6.07) is 0. The molecule has 0 unspecified atom stereocenters. The fraction of sp³-hybridized carbons (Fsp3) is 0.765. The van der Waals surface area contributed by atoms with Crippen molar-refractivity contribution in [2.45, 2.75) is 31.7 Å². The molecule has 0 aromatic carbocycles. The summed E-state index contributed by atoms with van der Waals surface area (Å²) in [6.45, 7) is 7.91. The smallest absolute Gasteiger partial charge is 0.188 e. The Morgan fingerprint density at radius 1 is 1.04 bits per heavy atom. The summed E-state index contributed by atoms with van der Waals surface area (Å²) in [5.41, 5.74) is 2.46. The van der Waals surface area contributed by atoms with Crippen LogP contribution >= 0.6 is 11.3 Å². The van der Waals surface area contributed by atoms with E-state index in [-0.39, 0.29) is 0 Å². The lowest BCUT2D eigenvalue weighted by Crippen LogP contribution is -2.57. The first-order valence-electron chi connectivity index (χ1n) is 8.93. The van der Waals surface area contributed by atoms with Gasteiger partial charge in [-0.2, -0.15) is 5.10 Å². The fourth-order valence-corrected chi connectivity index (χ4v) is 5.46. The molecule has 1 spiro atoms.